The van der Waals surface area contributed by atoms with E-state index < -0.39 is 0 Å². The van der Waals surface area contributed by atoms with E-state index in [2.05, 4.69) is 114 Å². The van der Waals surface area contributed by atoms with Gasteiger partial charge in [0.1, 0.15) is 0 Å². The summed E-state index contributed by atoms with van der Waals surface area (Å²) in [5.74, 6) is 13.4. The van der Waals surface area contributed by atoms with Crippen molar-refractivity contribution in [1.29, 1.82) is 0 Å². The van der Waals surface area contributed by atoms with Crippen LogP contribution in [0.3, 0.4) is 0 Å². The van der Waals surface area contributed by atoms with E-state index >= 15 is 0 Å². The van der Waals surface area contributed by atoms with Gasteiger partial charge in [-0.15, -0.1) is 11.5 Å². The van der Waals surface area contributed by atoms with Crippen LogP contribution >= 0.6 is 0 Å². The van der Waals surface area contributed by atoms with Gasteiger partial charge in [0.05, 0.1) is 22.8 Å². The molecule has 3 rings (SSSR count). The second-order valence-electron chi connectivity index (χ2n) is 29.0. The zero-order chi connectivity index (χ0) is 68.9. The Bertz CT molecular complexity index is 2380. The van der Waals surface area contributed by atoms with Gasteiger partial charge in [0.15, 0.2) is 0 Å². The number of aliphatic imine (C=N–C) groups is 2. The molecule has 0 aliphatic rings. The van der Waals surface area contributed by atoms with E-state index in [9.17, 15) is 10.2 Å². The van der Waals surface area contributed by atoms with E-state index in [0.29, 0.717) is 11.1 Å². The minimum Gasteiger partial charge on any atom is -0.873 e. The summed E-state index contributed by atoms with van der Waals surface area (Å²) in [5.41, 5.74) is 7.68. The Morgan fingerprint density at radius 1 is 0.289 bits per heavy atom. The summed E-state index contributed by atoms with van der Waals surface area (Å²) < 4.78 is 0. The largest absolute Gasteiger partial charge is 2.00 e. The maximum atomic E-state index is 11.9. The number of hydrogen-bond acceptors (Lipinski definition) is 4. The first-order valence-corrected chi connectivity index (χ1v) is 42.2. The normalized spacial score (nSPS) is 11.4. The summed E-state index contributed by atoms with van der Waals surface area (Å²) in [4.78, 5) is 10.5. The molecule has 0 spiro atoms. The molecule has 0 N–H and O–H groups in total. The third-order valence-corrected chi connectivity index (χ3v) is 19.8. The Kier molecular flexibility index (Phi) is 66.4. The fourth-order valence-corrected chi connectivity index (χ4v) is 13.4. The van der Waals surface area contributed by atoms with E-state index in [1.54, 1.807) is 0 Å². The molecule has 3 aromatic carbocycles. The van der Waals surface area contributed by atoms with Crippen LogP contribution in [0.4, 0.5) is 11.4 Å². The summed E-state index contributed by atoms with van der Waals surface area (Å²) in [6, 6.07) is 20.8. The summed E-state index contributed by atoms with van der Waals surface area (Å²) in [7, 11) is 0. The average molecular weight is 1380 g/mol. The van der Waals surface area contributed by atoms with Gasteiger partial charge in [-0.05, 0) is 94.2 Å². The van der Waals surface area contributed by atoms with E-state index in [-0.39, 0.29) is 28.0 Å². The van der Waals surface area contributed by atoms with Crippen molar-refractivity contribution >= 4 is 22.8 Å². The third-order valence-electron chi connectivity index (χ3n) is 19.8. The van der Waals surface area contributed by atoms with Gasteiger partial charge in [-0.25, -0.2) is 0 Å². The number of aryl methyl sites for hydroxylation is 2. The summed E-state index contributed by atoms with van der Waals surface area (Å²) in [6.07, 6.45) is 82.1. The fraction of sp³-hybridized carbons (Fsp3) is 0.739. The molecule has 0 bridgehead atoms. The van der Waals surface area contributed by atoms with Crippen molar-refractivity contribution in [2.45, 2.75) is 440 Å². The third kappa shape index (κ3) is 54.6. The Labute approximate surface area is 613 Å². The Hall–Kier alpha value is -3.79. The molecule has 0 saturated heterocycles. The summed E-state index contributed by atoms with van der Waals surface area (Å²) >= 11 is 0. The topological polar surface area (TPSA) is 70.8 Å². The smallest absolute Gasteiger partial charge is 0.873 e. The average Bonchev–Trinajstić information content (AvgIpc) is 3.69. The monoisotopic (exact) mass is 1380 g/mol. The van der Waals surface area contributed by atoms with Crippen molar-refractivity contribution in [2.24, 2.45) is 9.98 Å². The number of unbranched alkanes of at least 4 members (excludes halogenated alkanes) is 53. The molecule has 0 aliphatic heterocycles. The maximum Gasteiger partial charge on any atom is 2.00 e. The maximum absolute atomic E-state index is 11.9. The Balaban J connectivity index is 0.00000213. The Morgan fingerprint density at radius 2 is 0.536 bits per heavy atom. The van der Waals surface area contributed by atoms with Crippen LogP contribution < -0.4 is 10.2 Å². The molecular weight excluding hydrogens is 1220 g/mol. The molecule has 0 fully saturated rings. The van der Waals surface area contributed by atoms with Gasteiger partial charge < -0.3 is 10.2 Å². The molecule has 4 nitrogen and oxygen atoms in total. The summed E-state index contributed by atoms with van der Waals surface area (Å²) in [6.45, 7) is 13.4. The zero-order valence-electron chi connectivity index (χ0n) is 64.6. The number of benzene rings is 3. The van der Waals surface area contributed by atoms with E-state index in [1.165, 1.54) is 315 Å². The fourth-order valence-electron chi connectivity index (χ4n) is 13.4. The first kappa shape index (κ1) is 91.2. The standard InChI is InChI=1S/C76H128N2.C16H26O2.Ni/c1-5-9-12-15-17-19-21-23-25-27-29-31-33-35-37-39-41-43-45-47-49-51-53-55-57-62-71-64-60-66-73(69-71)77-75(8-4)76(68-59-14-11-7-3)78-74-67-61-65-72(70-74)63-58-56-54-52-50-48-46-44-42-40-38-36-34-32-30-28-26-24-22-20-18-16-13-10-6-2;1-3-5-7-9-13-11-12-14(10-8-6-4-2)16(18)15(13)17;/h60-61,64-67,69-70H,5-56,59,68H2,1-4H3;11-12,17-18H,3-10H2,1-2H3;/q;;+2/p-2. The van der Waals surface area contributed by atoms with Crippen LogP contribution in [-0.2, 0) is 29.3 Å². The minimum absolute atomic E-state index is 0. The van der Waals surface area contributed by atoms with Gasteiger partial charge >= 0.3 is 16.5 Å². The van der Waals surface area contributed by atoms with Crippen LogP contribution in [0.5, 0.6) is 11.5 Å². The van der Waals surface area contributed by atoms with Crippen LogP contribution in [-0.4, -0.2) is 11.4 Å². The molecule has 0 amide bonds. The van der Waals surface area contributed by atoms with Crippen LogP contribution in [0, 0.1) is 23.7 Å². The van der Waals surface area contributed by atoms with Crippen LogP contribution in [0.1, 0.15) is 449 Å². The molecule has 0 aromatic heterocycles. The number of hydrogen-bond donors (Lipinski definition) is 0. The second kappa shape index (κ2) is 70.6. The van der Waals surface area contributed by atoms with Crippen molar-refractivity contribution in [3.05, 3.63) is 82.9 Å². The molecule has 0 radical (unpaired) electrons. The van der Waals surface area contributed by atoms with Crippen molar-refractivity contribution in [1.82, 2.24) is 0 Å². The quantitative estimate of drug-likeness (QED) is 0.0245. The molecule has 0 heterocycles. The molecular formula is C92H152N2NiO2. The molecule has 3 aromatic rings. The zero-order valence-corrected chi connectivity index (χ0v) is 65.6. The molecule has 97 heavy (non-hydrogen) atoms. The van der Waals surface area contributed by atoms with Gasteiger partial charge in [-0.1, -0.05) is 428 Å². The van der Waals surface area contributed by atoms with Gasteiger partial charge in [0, 0.05) is 24.0 Å². The number of rotatable bonds is 63. The predicted octanol–water partition coefficient (Wildman–Crippen LogP) is 29.7. The van der Waals surface area contributed by atoms with Gasteiger partial charge in [-0.2, -0.15) is 0 Å². The molecule has 0 aliphatic carbocycles. The molecule has 0 unspecified atom stereocenters. The van der Waals surface area contributed by atoms with Crippen LogP contribution in [0.2, 0.25) is 0 Å². The van der Waals surface area contributed by atoms with E-state index in [0.717, 1.165) is 117 Å². The van der Waals surface area contributed by atoms with Crippen molar-refractivity contribution in [3.8, 4) is 35.2 Å². The van der Waals surface area contributed by atoms with Crippen LogP contribution in [0.15, 0.2) is 70.6 Å². The van der Waals surface area contributed by atoms with Gasteiger partial charge in [-0.3, -0.25) is 9.98 Å². The van der Waals surface area contributed by atoms with E-state index in [4.69, 9.17) is 9.98 Å². The summed E-state index contributed by atoms with van der Waals surface area (Å²) in [5, 5.41) is 23.8. The molecule has 0 atom stereocenters. The Morgan fingerprint density at radius 3 is 0.814 bits per heavy atom. The van der Waals surface area contributed by atoms with Crippen molar-refractivity contribution in [3.63, 3.8) is 0 Å². The minimum atomic E-state index is -0.264. The van der Waals surface area contributed by atoms with Crippen molar-refractivity contribution < 1.29 is 26.7 Å². The van der Waals surface area contributed by atoms with Gasteiger partial charge in [0.2, 0.25) is 0 Å². The van der Waals surface area contributed by atoms with Gasteiger partial charge in [0.25, 0.3) is 0 Å². The molecule has 5 heteroatoms. The van der Waals surface area contributed by atoms with Crippen molar-refractivity contribution in [2.75, 3.05) is 0 Å². The molecule has 0 saturated carbocycles. The van der Waals surface area contributed by atoms with Crippen LogP contribution in [0.25, 0.3) is 0 Å². The first-order valence-electron chi connectivity index (χ1n) is 42.2. The predicted molar refractivity (Wildman–Crippen MR) is 425 cm³/mol. The second-order valence-corrected chi connectivity index (χ2v) is 29.0. The molecule has 552 valence electrons. The number of nitrogens with zero attached hydrogens (tertiary/aromatic N) is 2. The van der Waals surface area contributed by atoms with E-state index in [1.807, 2.05) is 12.1 Å². The first-order chi connectivity index (χ1) is 47.4. The SMILES string of the molecule is CCCCCCCCCCCCCCCCCCCCCCCCCC#Cc1cccc(N=C(CC)C(CCCCCC)=Nc2cccc(C#CCCCCCCCCCCCCCCCCCCCCCCCCC)c2)c1.CCCCCc1ccc(CCCCC)c([O-])c1[O-].[Ni+2].